The summed E-state index contributed by atoms with van der Waals surface area (Å²) in [6, 6.07) is 0. The van der Waals surface area contributed by atoms with Crippen LogP contribution >= 0.6 is 0 Å². The quantitative estimate of drug-likeness (QED) is 0.367. The molecule has 0 aromatic carbocycles. The monoisotopic (exact) mass is 386 g/mol. The fraction of sp³-hybridized carbons (Fsp3) is 0.789. The van der Waals surface area contributed by atoms with Crippen LogP contribution in [-0.2, 0) is 19.2 Å². The Kier molecular flexibility index (Phi) is 7.02. The van der Waals surface area contributed by atoms with Gasteiger partial charge in [-0.1, -0.05) is 33.1 Å². The van der Waals surface area contributed by atoms with Crippen LogP contribution in [0.15, 0.2) is 0 Å². The zero-order valence-corrected chi connectivity index (χ0v) is 16.3. The van der Waals surface area contributed by atoms with E-state index in [9.17, 15) is 39.6 Å². The van der Waals surface area contributed by atoms with Gasteiger partial charge in [-0.25, -0.2) is 0 Å². The van der Waals surface area contributed by atoms with E-state index in [1.165, 1.54) is 0 Å². The normalized spacial score (nSPS) is 26.8. The minimum absolute atomic E-state index is 0.0534. The Bertz CT molecular complexity index is 583. The van der Waals surface area contributed by atoms with E-state index < -0.39 is 40.6 Å². The molecule has 27 heavy (non-hydrogen) atoms. The molecular weight excluding hydrogens is 356 g/mol. The highest BCUT2D eigenvalue weighted by Crippen LogP contribution is 2.47. The first-order valence-electron chi connectivity index (χ1n) is 9.21. The smallest absolute Gasteiger partial charge is 0.320 e. The number of rotatable bonds is 8. The zero-order valence-electron chi connectivity index (χ0n) is 16.3. The Morgan fingerprint density at radius 3 is 1.59 bits per heavy atom. The van der Waals surface area contributed by atoms with Gasteiger partial charge in [0.25, 0.3) is 0 Å². The van der Waals surface area contributed by atoms with Gasteiger partial charge in [0.15, 0.2) is 10.8 Å². The van der Waals surface area contributed by atoms with Gasteiger partial charge in [-0.2, -0.15) is 0 Å². The van der Waals surface area contributed by atoms with Crippen molar-refractivity contribution in [2.24, 2.45) is 34.5 Å². The largest absolute Gasteiger partial charge is 0.480 e. The summed E-state index contributed by atoms with van der Waals surface area (Å²) in [5.74, 6) is -6.43. The highest BCUT2D eigenvalue weighted by Gasteiger charge is 2.50. The fourth-order valence-electron chi connectivity index (χ4n) is 4.16. The Balaban J connectivity index is 3.33. The molecule has 8 nitrogen and oxygen atoms in total. The fourth-order valence-corrected chi connectivity index (χ4v) is 4.16. The summed E-state index contributed by atoms with van der Waals surface area (Å²) >= 11 is 0. The van der Waals surface area contributed by atoms with Crippen molar-refractivity contribution in [3.05, 3.63) is 0 Å². The Hall–Kier alpha value is -2.12. The van der Waals surface area contributed by atoms with Crippen molar-refractivity contribution in [3.8, 4) is 0 Å². The van der Waals surface area contributed by atoms with E-state index >= 15 is 0 Å². The van der Waals surface area contributed by atoms with E-state index in [-0.39, 0.29) is 30.6 Å². The highest BCUT2D eigenvalue weighted by molar-refractivity contribution is 5.98. The van der Waals surface area contributed by atoms with Crippen LogP contribution in [0.2, 0.25) is 0 Å². The molecule has 0 aromatic rings. The van der Waals surface area contributed by atoms with Crippen LogP contribution in [0.3, 0.4) is 0 Å². The van der Waals surface area contributed by atoms with Crippen LogP contribution in [-0.4, -0.2) is 44.3 Å². The summed E-state index contributed by atoms with van der Waals surface area (Å²) in [6.45, 7) is 6.23. The van der Waals surface area contributed by atoms with E-state index in [1.807, 2.05) is 13.8 Å². The van der Waals surface area contributed by atoms with Crippen molar-refractivity contribution in [2.45, 2.75) is 59.8 Å². The summed E-state index contributed by atoms with van der Waals surface area (Å²) in [5.41, 5.74) is -4.01. The van der Waals surface area contributed by atoms with Gasteiger partial charge in [0, 0.05) is 0 Å². The van der Waals surface area contributed by atoms with Crippen molar-refractivity contribution in [3.63, 3.8) is 0 Å². The van der Waals surface area contributed by atoms with Crippen LogP contribution < -0.4 is 0 Å². The van der Waals surface area contributed by atoms with Gasteiger partial charge in [-0.15, -0.1) is 0 Å². The summed E-state index contributed by atoms with van der Waals surface area (Å²) < 4.78 is 0. The lowest BCUT2D eigenvalue weighted by Gasteiger charge is -2.38. The van der Waals surface area contributed by atoms with Crippen LogP contribution in [0.1, 0.15) is 59.8 Å². The molecule has 8 heteroatoms. The van der Waals surface area contributed by atoms with Crippen LogP contribution in [0, 0.1) is 34.5 Å². The predicted octanol–water partition coefficient (Wildman–Crippen LogP) is 2.81. The van der Waals surface area contributed by atoms with Crippen molar-refractivity contribution in [1.82, 2.24) is 0 Å². The molecule has 0 saturated heterocycles. The van der Waals surface area contributed by atoms with Crippen molar-refractivity contribution < 1.29 is 39.6 Å². The summed E-state index contributed by atoms with van der Waals surface area (Å²) in [5, 5.41) is 37.9. The highest BCUT2D eigenvalue weighted by atomic mass is 16.4. The van der Waals surface area contributed by atoms with E-state index in [0.29, 0.717) is 6.42 Å². The summed E-state index contributed by atoms with van der Waals surface area (Å²) in [6.07, 6.45) is 1.84. The van der Waals surface area contributed by atoms with E-state index in [2.05, 4.69) is 0 Å². The average Bonchev–Trinajstić information content (AvgIpc) is 2.67. The van der Waals surface area contributed by atoms with Crippen molar-refractivity contribution >= 4 is 23.9 Å². The first kappa shape index (κ1) is 22.9. The molecule has 154 valence electrons. The first-order valence-corrected chi connectivity index (χ1v) is 9.21. The summed E-state index contributed by atoms with van der Waals surface area (Å²) in [4.78, 5) is 46.5. The molecule has 0 heterocycles. The molecule has 1 aliphatic rings. The second-order valence-electron chi connectivity index (χ2n) is 8.48. The molecule has 1 aliphatic carbocycles. The SMILES string of the molecule is CC1CCCC(CC(C)(C(=O)O)C(=O)O)C(CC(C)(C(=O)O)C(=O)O)C1C. The third kappa shape index (κ3) is 4.59. The molecular formula is C19H30O8. The third-order valence-electron chi connectivity index (χ3n) is 6.62. The molecule has 0 spiro atoms. The average molecular weight is 386 g/mol. The summed E-state index contributed by atoms with van der Waals surface area (Å²) in [7, 11) is 0. The number of aliphatic carboxylic acids is 4. The van der Waals surface area contributed by atoms with E-state index in [1.54, 1.807) is 0 Å². The number of hydrogen-bond donors (Lipinski definition) is 4. The molecule has 4 N–H and O–H groups in total. The third-order valence-corrected chi connectivity index (χ3v) is 6.62. The van der Waals surface area contributed by atoms with Crippen molar-refractivity contribution in [2.75, 3.05) is 0 Å². The molecule has 4 unspecified atom stereocenters. The second-order valence-corrected chi connectivity index (χ2v) is 8.48. The molecule has 0 aliphatic heterocycles. The lowest BCUT2D eigenvalue weighted by Crippen LogP contribution is -2.44. The van der Waals surface area contributed by atoms with Gasteiger partial charge in [0.05, 0.1) is 0 Å². The van der Waals surface area contributed by atoms with Gasteiger partial charge in [0.2, 0.25) is 0 Å². The first-order chi connectivity index (χ1) is 12.3. The van der Waals surface area contributed by atoms with E-state index in [4.69, 9.17) is 0 Å². The number of carboxylic acids is 4. The number of carbonyl (C=O) groups is 4. The molecule has 1 rings (SSSR count). The maximum Gasteiger partial charge on any atom is 0.320 e. The van der Waals surface area contributed by atoms with Crippen LogP contribution in [0.5, 0.6) is 0 Å². The second kappa shape index (κ2) is 8.27. The maximum atomic E-state index is 11.6. The maximum absolute atomic E-state index is 11.6. The molecule has 1 saturated carbocycles. The van der Waals surface area contributed by atoms with Gasteiger partial charge in [-0.3, -0.25) is 19.2 Å². The molecule has 4 atom stereocenters. The Morgan fingerprint density at radius 1 is 0.778 bits per heavy atom. The van der Waals surface area contributed by atoms with Crippen molar-refractivity contribution in [1.29, 1.82) is 0 Å². The predicted molar refractivity (Wildman–Crippen MR) is 95.2 cm³/mol. The zero-order chi connectivity index (χ0) is 21.2. The Morgan fingerprint density at radius 2 is 1.19 bits per heavy atom. The van der Waals surface area contributed by atoms with Gasteiger partial charge < -0.3 is 20.4 Å². The molecule has 0 amide bonds. The minimum atomic E-state index is -2.01. The van der Waals surface area contributed by atoms with Gasteiger partial charge in [0.1, 0.15) is 0 Å². The van der Waals surface area contributed by atoms with E-state index in [0.717, 1.165) is 26.7 Å². The number of hydrogen-bond acceptors (Lipinski definition) is 4. The van der Waals surface area contributed by atoms with Crippen LogP contribution in [0.25, 0.3) is 0 Å². The molecule has 0 radical (unpaired) electrons. The Labute approximate surface area is 158 Å². The van der Waals surface area contributed by atoms with Gasteiger partial charge >= 0.3 is 23.9 Å². The standard InChI is InChI=1S/C19H30O8/c1-10-6-5-7-12(8-18(3,14(20)21)15(22)23)13(11(10)2)9-19(4,16(24)25)17(26)27/h10-13H,5-9H2,1-4H3,(H,20,21)(H,22,23)(H,24,25)(H,26,27). The molecule has 0 bridgehead atoms. The topological polar surface area (TPSA) is 149 Å². The lowest BCUT2D eigenvalue weighted by molar-refractivity contribution is -0.169. The lowest BCUT2D eigenvalue weighted by atomic mass is 9.65. The van der Waals surface area contributed by atoms with Gasteiger partial charge in [-0.05, 0) is 50.4 Å². The molecule has 1 fully saturated rings. The minimum Gasteiger partial charge on any atom is -0.480 e. The van der Waals surface area contributed by atoms with Crippen LogP contribution in [0.4, 0.5) is 0 Å². The molecule has 0 aromatic heterocycles. The number of carboxylic acid groups (broad SMARTS) is 4.